The van der Waals surface area contributed by atoms with Crippen LogP contribution in [0.25, 0.3) is 10.9 Å². The van der Waals surface area contributed by atoms with Crippen LogP contribution in [-0.2, 0) is 15.8 Å². The molecule has 0 fully saturated rings. The Hall–Kier alpha value is -3.63. The van der Waals surface area contributed by atoms with E-state index in [2.05, 4.69) is 9.87 Å². The van der Waals surface area contributed by atoms with Gasteiger partial charge in [0, 0.05) is 28.6 Å². The number of aromatic amines is 1. The summed E-state index contributed by atoms with van der Waals surface area (Å²) in [5, 5.41) is 11.5. The quantitative estimate of drug-likeness (QED) is 0.135. The number of H-pyrrole nitrogens is 1. The second-order valence-electron chi connectivity index (χ2n) is 8.10. The van der Waals surface area contributed by atoms with Crippen molar-refractivity contribution in [1.29, 1.82) is 0 Å². The summed E-state index contributed by atoms with van der Waals surface area (Å²) < 4.78 is 12.4. The highest BCUT2D eigenvalue weighted by Crippen LogP contribution is 2.32. The van der Waals surface area contributed by atoms with E-state index in [0.717, 1.165) is 17.2 Å². The van der Waals surface area contributed by atoms with Gasteiger partial charge in [-0.2, -0.15) is 0 Å². The van der Waals surface area contributed by atoms with E-state index in [1.807, 2.05) is 49.3 Å². The highest BCUT2D eigenvalue weighted by atomic mass is 32.2. The molecule has 1 unspecified atom stereocenters. The lowest BCUT2D eigenvalue weighted by atomic mass is 10.00. The maximum atomic E-state index is 12.4. The molecule has 3 N–H and O–H groups in total. The first-order valence-corrected chi connectivity index (χ1v) is 12.1. The Morgan fingerprint density at radius 3 is 2.54 bits per heavy atom. The standard InChI is InChI=1S/C26H26N4O4S/c1-30(2)14-15-34-29-35(33)21-11-9-20(10-12-21)27-25(19-6-4-3-5-7-19)24-22-13-8-18(17-31)16-23(22)28-26(24)32/h3-13,16-17,28-29,32H,14-15H2,1-2H3. The topological polar surface area (TPSA) is 107 Å². The molecule has 1 aromatic heterocycles. The van der Waals surface area contributed by atoms with Crippen LogP contribution < -0.4 is 4.89 Å². The summed E-state index contributed by atoms with van der Waals surface area (Å²) in [6, 6.07) is 21.6. The minimum atomic E-state index is -1.52. The first-order chi connectivity index (χ1) is 17.0. The van der Waals surface area contributed by atoms with Gasteiger partial charge in [0.25, 0.3) is 0 Å². The molecule has 180 valence electrons. The van der Waals surface area contributed by atoms with E-state index in [4.69, 9.17) is 9.83 Å². The van der Waals surface area contributed by atoms with Gasteiger partial charge in [-0.25, -0.2) is 9.20 Å². The second kappa shape index (κ2) is 11.2. The molecule has 0 bridgehead atoms. The Bertz CT molecular complexity index is 1370. The number of aliphatic imine (C=N–C) groups is 1. The first-order valence-electron chi connectivity index (χ1n) is 10.9. The molecular weight excluding hydrogens is 464 g/mol. The normalized spacial score (nSPS) is 12.8. The molecular formula is C26H26N4O4S. The Morgan fingerprint density at radius 1 is 1.11 bits per heavy atom. The number of carbonyl (C=O) groups excluding carboxylic acids is 1. The number of rotatable bonds is 10. The smallest absolute Gasteiger partial charge is 0.199 e. The molecule has 1 heterocycles. The molecule has 9 heteroatoms. The van der Waals surface area contributed by atoms with Crippen molar-refractivity contribution in [2.75, 3.05) is 27.2 Å². The Kier molecular flexibility index (Phi) is 7.84. The summed E-state index contributed by atoms with van der Waals surface area (Å²) in [7, 11) is 2.34. The van der Waals surface area contributed by atoms with Gasteiger partial charge in [-0.05, 0) is 44.4 Å². The monoisotopic (exact) mass is 490 g/mol. The van der Waals surface area contributed by atoms with E-state index in [9.17, 15) is 14.1 Å². The van der Waals surface area contributed by atoms with Crippen LogP contribution in [0.15, 0.2) is 82.7 Å². The number of benzene rings is 3. The molecule has 0 radical (unpaired) electrons. The molecule has 0 amide bonds. The fraction of sp³-hybridized carbons (Fsp3) is 0.154. The summed E-state index contributed by atoms with van der Waals surface area (Å²) in [6.07, 6.45) is 0.761. The van der Waals surface area contributed by atoms with Crippen molar-refractivity contribution in [3.8, 4) is 5.88 Å². The second-order valence-corrected chi connectivity index (χ2v) is 9.27. The van der Waals surface area contributed by atoms with Crippen LogP contribution in [-0.4, -0.2) is 58.4 Å². The molecule has 0 aliphatic rings. The van der Waals surface area contributed by atoms with E-state index in [0.29, 0.717) is 46.1 Å². The molecule has 1 atom stereocenters. The van der Waals surface area contributed by atoms with Gasteiger partial charge in [-0.1, -0.05) is 42.5 Å². The van der Waals surface area contributed by atoms with Crippen molar-refractivity contribution in [2.24, 2.45) is 4.99 Å². The van der Waals surface area contributed by atoms with E-state index >= 15 is 0 Å². The highest BCUT2D eigenvalue weighted by molar-refractivity contribution is 7.82. The predicted octanol–water partition coefficient (Wildman–Crippen LogP) is 3.96. The number of nitrogens with zero attached hydrogens (tertiary/aromatic N) is 2. The zero-order valence-corrected chi connectivity index (χ0v) is 20.2. The van der Waals surface area contributed by atoms with Crippen molar-refractivity contribution in [2.45, 2.75) is 4.90 Å². The van der Waals surface area contributed by atoms with Gasteiger partial charge in [0.15, 0.2) is 5.88 Å². The van der Waals surface area contributed by atoms with Crippen molar-refractivity contribution in [3.05, 3.63) is 89.5 Å². The third kappa shape index (κ3) is 5.90. The van der Waals surface area contributed by atoms with Crippen LogP contribution in [0.5, 0.6) is 5.88 Å². The number of nitrogens with one attached hydrogen (secondary N) is 2. The average molecular weight is 491 g/mol. The number of carbonyl (C=O) groups is 1. The van der Waals surface area contributed by atoms with E-state index < -0.39 is 11.0 Å². The van der Waals surface area contributed by atoms with E-state index in [1.165, 1.54) is 0 Å². The molecule has 35 heavy (non-hydrogen) atoms. The average Bonchev–Trinajstić information content (AvgIpc) is 3.20. The van der Waals surface area contributed by atoms with E-state index in [-0.39, 0.29) is 5.88 Å². The molecule has 0 aliphatic carbocycles. The Balaban J connectivity index is 1.66. The number of aldehydes is 1. The molecule has 0 aliphatic heterocycles. The zero-order valence-electron chi connectivity index (χ0n) is 19.4. The van der Waals surface area contributed by atoms with Crippen LogP contribution in [0.2, 0.25) is 0 Å². The molecule has 0 saturated heterocycles. The number of aromatic hydroxyl groups is 1. The van der Waals surface area contributed by atoms with Crippen LogP contribution in [0.4, 0.5) is 5.69 Å². The van der Waals surface area contributed by atoms with Crippen LogP contribution in [0.1, 0.15) is 21.5 Å². The van der Waals surface area contributed by atoms with Crippen LogP contribution in [0.3, 0.4) is 0 Å². The maximum Gasteiger partial charge on any atom is 0.199 e. The van der Waals surface area contributed by atoms with Crippen molar-refractivity contribution in [1.82, 2.24) is 14.8 Å². The molecule has 3 aromatic carbocycles. The van der Waals surface area contributed by atoms with Gasteiger partial charge in [0.05, 0.1) is 28.5 Å². The van der Waals surface area contributed by atoms with Crippen LogP contribution >= 0.6 is 0 Å². The largest absolute Gasteiger partial charge is 0.494 e. The SMILES string of the molecule is CN(C)CCONS(=O)c1ccc(N=C(c2ccccc2)c2c(O)[nH]c3cc(C=O)ccc23)cc1. The maximum absolute atomic E-state index is 12.4. The minimum Gasteiger partial charge on any atom is -0.494 e. The van der Waals surface area contributed by atoms with Crippen LogP contribution in [0, 0.1) is 0 Å². The van der Waals surface area contributed by atoms with Gasteiger partial charge in [-0.15, -0.1) is 4.89 Å². The zero-order chi connectivity index (χ0) is 24.8. The molecule has 8 nitrogen and oxygen atoms in total. The summed E-state index contributed by atoms with van der Waals surface area (Å²) in [5.41, 5.74) is 3.67. The fourth-order valence-corrected chi connectivity index (χ4v) is 4.19. The lowest BCUT2D eigenvalue weighted by Gasteiger charge is -2.10. The lowest BCUT2D eigenvalue weighted by Crippen LogP contribution is -2.24. The van der Waals surface area contributed by atoms with Gasteiger partial charge in [0.1, 0.15) is 17.3 Å². The minimum absolute atomic E-state index is 0.0394. The summed E-state index contributed by atoms with van der Waals surface area (Å²) in [5.74, 6) is -0.0394. The number of aromatic nitrogens is 1. The van der Waals surface area contributed by atoms with Gasteiger partial charge in [-0.3, -0.25) is 9.63 Å². The van der Waals surface area contributed by atoms with Crippen molar-refractivity contribution < 1.29 is 18.9 Å². The van der Waals surface area contributed by atoms with Crippen molar-refractivity contribution in [3.63, 3.8) is 0 Å². The number of likely N-dealkylation sites (N-methyl/N-ethyl adjacent to an activating group) is 1. The van der Waals surface area contributed by atoms with E-state index in [1.54, 1.807) is 42.5 Å². The lowest BCUT2D eigenvalue weighted by molar-refractivity contribution is 0.0839. The Labute approximate surface area is 205 Å². The van der Waals surface area contributed by atoms with Crippen molar-refractivity contribution >= 4 is 39.6 Å². The third-order valence-corrected chi connectivity index (χ3v) is 6.26. The summed E-state index contributed by atoms with van der Waals surface area (Å²) in [6.45, 7) is 1.11. The predicted molar refractivity (Wildman–Crippen MR) is 138 cm³/mol. The number of fused-ring (bicyclic) bond motifs is 1. The first kappa shape index (κ1) is 24.5. The Morgan fingerprint density at radius 2 is 1.86 bits per heavy atom. The fourth-order valence-electron chi connectivity index (χ4n) is 3.52. The third-order valence-electron chi connectivity index (χ3n) is 5.29. The highest BCUT2D eigenvalue weighted by Gasteiger charge is 2.19. The molecule has 4 rings (SSSR count). The molecule has 4 aromatic rings. The van der Waals surface area contributed by atoms with Gasteiger partial charge >= 0.3 is 0 Å². The number of hydrogen-bond donors (Lipinski definition) is 3. The molecule has 0 spiro atoms. The molecule has 0 saturated carbocycles. The number of hydrogen-bond acceptors (Lipinski definition) is 6. The van der Waals surface area contributed by atoms with Gasteiger partial charge in [0.2, 0.25) is 0 Å². The van der Waals surface area contributed by atoms with Gasteiger partial charge < -0.3 is 15.0 Å². The summed E-state index contributed by atoms with van der Waals surface area (Å²) >= 11 is 0. The summed E-state index contributed by atoms with van der Waals surface area (Å²) in [4.78, 5) is 29.3.